The molecule has 7 nitrogen and oxygen atoms in total. The fourth-order valence-corrected chi connectivity index (χ4v) is 3.97. The molecule has 0 aliphatic heterocycles. The summed E-state index contributed by atoms with van der Waals surface area (Å²) in [6, 6.07) is 19.8. The van der Waals surface area contributed by atoms with Gasteiger partial charge in [-0.3, -0.25) is 9.78 Å². The average Bonchev–Trinajstić information content (AvgIpc) is 2.79. The number of nitrogens with one attached hydrogen (secondary N) is 1. The number of aromatic nitrogens is 1. The monoisotopic (exact) mass is 454 g/mol. The quantitative estimate of drug-likeness (QED) is 0.522. The maximum absolute atomic E-state index is 13.3. The van der Waals surface area contributed by atoms with Crippen LogP contribution in [0.2, 0.25) is 5.02 Å². The predicted octanol–water partition coefficient (Wildman–Crippen LogP) is 3.77. The molecule has 0 bridgehead atoms. The van der Waals surface area contributed by atoms with E-state index in [9.17, 15) is 13.2 Å². The van der Waals surface area contributed by atoms with E-state index in [2.05, 4.69) is 9.71 Å². The highest BCUT2D eigenvalue weighted by molar-refractivity contribution is 7.89. The third kappa shape index (κ3) is 5.89. The summed E-state index contributed by atoms with van der Waals surface area (Å²) >= 11 is 5.98. The molecular weight excluding hydrogens is 436 g/mol. The number of halogens is 1. The Labute approximate surface area is 186 Å². The van der Waals surface area contributed by atoms with Crippen LogP contribution >= 0.6 is 11.6 Å². The van der Waals surface area contributed by atoms with Crippen LogP contribution in [0, 0.1) is 11.3 Å². The number of carbonyl (C=O) groups excluding carboxylic acids is 1. The second-order valence-corrected chi connectivity index (χ2v) is 8.72. The highest BCUT2D eigenvalue weighted by Gasteiger charge is 2.20. The largest absolute Gasteiger partial charge is 0.302 e. The van der Waals surface area contributed by atoms with Crippen LogP contribution in [0.25, 0.3) is 0 Å². The molecule has 1 heterocycles. The van der Waals surface area contributed by atoms with Crippen molar-refractivity contribution in [2.75, 3.05) is 11.4 Å². The van der Waals surface area contributed by atoms with E-state index in [4.69, 9.17) is 16.9 Å². The molecule has 0 atom stereocenters. The van der Waals surface area contributed by atoms with Crippen molar-refractivity contribution in [3.05, 3.63) is 89.2 Å². The Balaban J connectivity index is 1.87. The highest BCUT2D eigenvalue weighted by atomic mass is 35.5. The van der Waals surface area contributed by atoms with Gasteiger partial charge in [0.05, 0.1) is 23.2 Å². The van der Waals surface area contributed by atoms with Crippen LogP contribution in [-0.2, 0) is 16.6 Å². The Morgan fingerprint density at radius 3 is 2.39 bits per heavy atom. The number of sulfonamides is 1. The molecular formula is C22H19ClN4O3S. The Kier molecular flexibility index (Phi) is 7.36. The van der Waals surface area contributed by atoms with Gasteiger partial charge in [0.2, 0.25) is 10.0 Å². The molecule has 0 aliphatic carbocycles. The molecule has 3 rings (SSSR count). The van der Waals surface area contributed by atoms with Gasteiger partial charge in [-0.15, -0.1) is 0 Å². The smallest absolute Gasteiger partial charge is 0.258 e. The van der Waals surface area contributed by atoms with E-state index >= 15 is 0 Å². The van der Waals surface area contributed by atoms with E-state index in [1.165, 1.54) is 24.3 Å². The number of rotatable bonds is 8. The third-order valence-corrected chi connectivity index (χ3v) is 6.10. The number of nitriles is 1. The lowest BCUT2D eigenvalue weighted by Gasteiger charge is -2.23. The van der Waals surface area contributed by atoms with Crippen LogP contribution in [-0.4, -0.2) is 25.9 Å². The standard InChI is InChI=1S/C22H19ClN4O3S/c23-18-7-9-20(10-8-18)27(16-19-4-1-2-14-25-19)22(28)17-5-11-21(12-6-17)31(29,30)26-15-3-13-24/h1-2,4-12,14,26H,3,15-16H2. The first-order chi connectivity index (χ1) is 14.9. The third-order valence-electron chi connectivity index (χ3n) is 4.37. The predicted molar refractivity (Wildman–Crippen MR) is 118 cm³/mol. The molecule has 3 aromatic rings. The number of benzene rings is 2. The molecule has 31 heavy (non-hydrogen) atoms. The summed E-state index contributed by atoms with van der Waals surface area (Å²) in [6.45, 7) is 0.255. The summed E-state index contributed by atoms with van der Waals surface area (Å²) in [4.78, 5) is 19.1. The molecule has 158 valence electrons. The summed E-state index contributed by atoms with van der Waals surface area (Å²) < 4.78 is 26.9. The molecule has 0 unspecified atom stereocenters. The van der Waals surface area contributed by atoms with Gasteiger partial charge in [0.15, 0.2) is 0 Å². The molecule has 2 aromatic carbocycles. The number of nitrogens with zero attached hydrogens (tertiary/aromatic N) is 3. The van der Waals surface area contributed by atoms with Crippen molar-refractivity contribution in [2.24, 2.45) is 0 Å². The number of carbonyl (C=O) groups is 1. The SMILES string of the molecule is N#CCCNS(=O)(=O)c1ccc(C(=O)N(Cc2ccccn2)c2ccc(Cl)cc2)cc1. The molecule has 0 radical (unpaired) electrons. The minimum atomic E-state index is -3.75. The summed E-state index contributed by atoms with van der Waals surface area (Å²) in [5, 5.41) is 9.11. The van der Waals surface area contributed by atoms with Crippen molar-refractivity contribution in [3.8, 4) is 6.07 Å². The molecule has 0 saturated heterocycles. The first kappa shape index (κ1) is 22.4. The van der Waals surface area contributed by atoms with Gasteiger partial charge < -0.3 is 4.90 Å². The van der Waals surface area contributed by atoms with Crippen molar-refractivity contribution >= 4 is 33.2 Å². The molecule has 1 amide bonds. The van der Waals surface area contributed by atoms with Crippen molar-refractivity contribution in [2.45, 2.75) is 17.9 Å². The van der Waals surface area contributed by atoms with E-state index in [0.29, 0.717) is 22.0 Å². The van der Waals surface area contributed by atoms with Crippen molar-refractivity contribution in [3.63, 3.8) is 0 Å². The van der Waals surface area contributed by atoms with Crippen molar-refractivity contribution in [1.82, 2.24) is 9.71 Å². The lowest BCUT2D eigenvalue weighted by atomic mass is 10.1. The number of hydrogen-bond donors (Lipinski definition) is 1. The molecule has 9 heteroatoms. The first-order valence-electron chi connectivity index (χ1n) is 9.35. The normalized spacial score (nSPS) is 11.0. The molecule has 1 aromatic heterocycles. The van der Waals surface area contributed by atoms with Gasteiger partial charge in [-0.05, 0) is 60.7 Å². The van der Waals surface area contributed by atoms with Gasteiger partial charge in [-0.2, -0.15) is 5.26 Å². The average molecular weight is 455 g/mol. The van der Waals surface area contributed by atoms with Gasteiger partial charge in [0.25, 0.3) is 5.91 Å². The molecule has 0 aliphatic rings. The topological polar surface area (TPSA) is 103 Å². The molecule has 0 saturated carbocycles. The minimum Gasteiger partial charge on any atom is -0.302 e. The van der Waals surface area contributed by atoms with Crippen LogP contribution in [0.15, 0.2) is 77.8 Å². The van der Waals surface area contributed by atoms with E-state index < -0.39 is 10.0 Å². The summed E-state index contributed by atoms with van der Waals surface area (Å²) in [5.41, 5.74) is 1.66. The van der Waals surface area contributed by atoms with Crippen LogP contribution in [0.3, 0.4) is 0 Å². The maximum Gasteiger partial charge on any atom is 0.258 e. The zero-order valence-electron chi connectivity index (χ0n) is 16.4. The van der Waals surface area contributed by atoms with Gasteiger partial charge >= 0.3 is 0 Å². The van der Waals surface area contributed by atoms with Gasteiger partial charge in [-0.1, -0.05) is 17.7 Å². The zero-order valence-corrected chi connectivity index (χ0v) is 18.0. The van der Waals surface area contributed by atoms with Gasteiger partial charge in [-0.25, -0.2) is 13.1 Å². The van der Waals surface area contributed by atoms with E-state index in [0.717, 1.165) is 0 Å². The van der Waals surface area contributed by atoms with Gasteiger partial charge in [0, 0.05) is 35.4 Å². The second-order valence-electron chi connectivity index (χ2n) is 6.52. The Morgan fingerprint density at radius 1 is 1.06 bits per heavy atom. The van der Waals surface area contributed by atoms with Crippen molar-refractivity contribution in [1.29, 1.82) is 5.26 Å². The van der Waals surface area contributed by atoms with E-state index in [1.807, 2.05) is 18.2 Å². The Hall–Kier alpha value is -3.25. The summed E-state index contributed by atoms with van der Waals surface area (Å²) in [6.07, 6.45) is 1.72. The van der Waals surface area contributed by atoms with Crippen LogP contribution in [0.5, 0.6) is 0 Å². The van der Waals surface area contributed by atoms with Crippen LogP contribution in [0.4, 0.5) is 5.69 Å². The summed E-state index contributed by atoms with van der Waals surface area (Å²) in [5.74, 6) is -0.311. The second kappa shape index (κ2) is 10.2. The number of pyridine rings is 1. The lowest BCUT2D eigenvalue weighted by Crippen LogP contribution is -2.31. The Morgan fingerprint density at radius 2 is 1.77 bits per heavy atom. The Bertz CT molecular complexity index is 1180. The van der Waals surface area contributed by atoms with E-state index in [-0.39, 0.29) is 30.3 Å². The maximum atomic E-state index is 13.3. The van der Waals surface area contributed by atoms with Crippen molar-refractivity contribution < 1.29 is 13.2 Å². The molecule has 1 N–H and O–H groups in total. The fourth-order valence-electron chi connectivity index (χ4n) is 2.81. The summed E-state index contributed by atoms with van der Waals surface area (Å²) in [7, 11) is -3.75. The van der Waals surface area contributed by atoms with Crippen LogP contribution in [0.1, 0.15) is 22.5 Å². The molecule has 0 spiro atoms. The number of anilines is 1. The minimum absolute atomic E-state index is 0.0183. The number of hydrogen-bond acceptors (Lipinski definition) is 5. The number of amides is 1. The highest BCUT2D eigenvalue weighted by Crippen LogP contribution is 2.23. The van der Waals surface area contributed by atoms with Gasteiger partial charge in [0.1, 0.15) is 0 Å². The molecule has 0 fully saturated rings. The van der Waals surface area contributed by atoms with E-state index in [1.54, 1.807) is 41.4 Å². The lowest BCUT2D eigenvalue weighted by molar-refractivity contribution is 0.0984. The first-order valence-corrected chi connectivity index (χ1v) is 11.2. The zero-order chi connectivity index (χ0) is 22.3. The fraction of sp³-hybridized carbons (Fsp3) is 0.136. The van der Waals surface area contributed by atoms with Crippen LogP contribution < -0.4 is 9.62 Å².